The Morgan fingerprint density at radius 2 is 1.85 bits per heavy atom. The Kier molecular flexibility index (Phi) is 6.10. The summed E-state index contributed by atoms with van der Waals surface area (Å²) in [6.07, 6.45) is 1.24. The second-order valence-corrected chi connectivity index (χ2v) is 10.2. The van der Waals surface area contributed by atoms with Gasteiger partial charge < -0.3 is 15.0 Å². The van der Waals surface area contributed by atoms with Crippen molar-refractivity contribution in [3.8, 4) is 5.75 Å². The van der Waals surface area contributed by atoms with Crippen molar-refractivity contribution < 1.29 is 19.1 Å². The number of imide groups is 1. The molecule has 3 atom stereocenters. The highest BCUT2D eigenvalue weighted by Gasteiger charge is 2.53. The average molecular weight is 523 g/mol. The lowest BCUT2D eigenvalue weighted by molar-refractivity contribution is -0.120. The number of methoxy groups -OCH3 is 1. The lowest BCUT2D eigenvalue weighted by atomic mass is 9.89. The smallest absolute Gasteiger partial charge is 0.332 e. The second-order valence-electron chi connectivity index (χ2n) is 10.2. The van der Waals surface area contributed by atoms with Gasteiger partial charge in [0.25, 0.3) is 11.8 Å². The van der Waals surface area contributed by atoms with E-state index in [1.54, 1.807) is 36.3 Å². The van der Waals surface area contributed by atoms with E-state index < -0.39 is 12.1 Å². The Morgan fingerprint density at radius 3 is 2.59 bits per heavy atom. The van der Waals surface area contributed by atoms with E-state index in [9.17, 15) is 14.4 Å². The second kappa shape index (κ2) is 9.62. The summed E-state index contributed by atoms with van der Waals surface area (Å²) in [4.78, 5) is 46.9. The van der Waals surface area contributed by atoms with E-state index >= 15 is 0 Å². The van der Waals surface area contributed by atoms with E-state index in [1.165, 1.54) is 4.90 Å². The molecule has 0 bridgehead atoms. The molecule has 2 aliphatic rings. The van der Waals surface area contributed by atoms with E-state index in [1.807, 2.05) is 62.4 Å². The topological polar surface area (TPSA) is 94.7 Å². The summed E-state index contributed by atoms with van der Waals surface area (Å²) >= 11 is 0. The molecule has 8 nitrogen and oxygen atoms in total. The van der Waals surface area contributed by atoms with Crippen molar-refractivity contribution >= 4 is 34.4 Å². The fraction of sp³-hybridized carbons (Fsp3) is 0.258. The maximum Gasteiger partial charge on any atom is 0.332 e. The molecule has 2 unspecified atom stereocenters. The summed E-state index contributed by atoms with van der Waals surface area (Å²) in [7, 11) is 1.61. The molecule has 4 amide bonds. The van der Waals surface area contributed by atoms with E-state index in [2.05, 4.69) is 10.3 Å². The van der Waals surface area contributed by atoms with Gasteiger partial charge in [-0.15, -0.1) is 0 Å². The quantitative estimate of drug-likeness (QED) is 0.341. The molecule has 0 spiro atoms. The minimum atomic E-state index is -0.659. The minimum absolute atomic E-state index is 0.0524. The number of hydrogen-bond acceptors (Lipinski definition) is 4. The number of benzene rings is 3. The molecular weight excluding hydrogens is 492 g/mol. The van der Waals surface area contributed by atoms with E-state index in [0.29, 0.717) is 23.4 Å². The van der Waals surface area contributed by atoms with E-state index in [0.717, 1.165) is 34.1 Å². The van der Waals surface area contributed by atoms with Crippen LogP contribution in [0.3, 0.4) is 0 Å². The molecule has 6 rings (SSSR count). The predicted molar refractivity (Wildman–Crippen MR) is 149 cm³/mol. The molecule has 0 saturated carbocycles. The summed E-state index contributed by atoms with van der Waals surface area (Å²) in [5.41, 5.74) is 4.69. The van der Waals surface area contributed by atoms with Crippen molar-refractivity contribution in [2.75, 3.05) is 12.0 Å². The summed E-state index contributed by atoms with van der Waals surface area (Å²) in [5.74, 6) is 0.213. The molecule has 198 valence electrons. The first kappa shape index (κ1) is 24.7. The molecule has 1 saturated heterocycles. The Labute approximate surface area is 226 Å². The number of fused-ring (bicyclic) bond motifs is 4. The lowest BCUT2D eigenvalue weighted by Crippen LogP contribution is -2.44. The molecule has 0 radical (unpaired) electrons. The van der Waals surface area contributed by atoms with Crippen LogP contribution in [0.25, 0.3) is 10.9 Å². The van der Waals surface area contributed by atoms with Gasteiger partial charge in [0.1, 0.15) is 17.8 Å². The maximum atomic E-state index is 14.0. The molecule has 1 fully saturated rings. The van der Waals surface area contributed by atoms with Crippen LogP contribution in [0, 0.1) is 0 Å². The van der Waals surface area contributed by atoms with Gasteiger partial charge in [-0.3, -0.25) is 14.5 Å². The molecule has 4 aromatic rings. The average Bonchev–Trinajstić information content (AvgIpc) is 3.46. The monoisotopic (exact) mass is 522 g/mol. The normalized spacial score (nSPS) is 19.2. The number of rotatable bonds is 6. The van der Waals surface area contributed by atoms with Crippen LogP contribution in [0.5, 0.6) is 5.75 Å². The number of nitrogens with one attached hydrogen (secondary N) is 2. The van der Waals surface area contributed by atoms with Crippen LogP contribution >= 0.6 is 0 Å². The van der Waals surface area contributed by atoms with Crippen LogP contribution in [-0.2, 0) is 11.2 Å². The standard InChI is InChI=1S/C31H30N4O4/c1-4-18(2)32-29(36)19-12-14-21(15-13-19)34-30(37)26-17-24-23-10-5-6-11-25(23)33-27(24)28(35(26)31(34)38)20-8-7-9-22(16-20)39-3/h5-16,18,26,28,33H,4,17H2,1-3H3,(H,32,36)/t18?,26-,28?/m0/s1. The predicted octanol–water partition coefficient (Wildman–Crippen LogP) is 5.19. The van der Waals surface area contributed by atoms with Gasteiger partial charge in [0, 0.05) is 34.6 Å². The number of carbonyl (C=O) groups is 3. The van der Waals surface area contributed by atoms with Gasteiger partial charge in [-0.25, -0.2) is 9.69 Å². The largest absolute Gasteiger partial charge is 0.497 e. The van der Waals surface area contributed by atoms with E-state index in [-0.39, 0.29) is 23.9 Å². The number of ether oxygens (including phenoxy) is 1. The van der Waals surface area contributed by atoms with Crippen LogP contribution in [0.2, 0.25) is 0 Å². The Hall–Kier alpha value is -4.59. The van der Waals surface area contributed by atoms with Gasteiger partial charge in [-0.05, 0) is 66.9 Å². The number of amides is 4. The van der Waals surface area contributed by atoms with Gasteiger partial charge in [0.15, 0.2) is 0 Å². The highest BCUT2D eigenvalue weighted by Crippen LogP contribution is 2.45. The van der Waals surface area contributed by atoms with Gasteiger partial charge in [0.05, 0.1) is 12.8 Å². The first-order valence-electron chi connectivity index (χ1n) is 13.2. The van der Waals surface area contributed by atoms with Crippen LogP contribution in [-0.4, -0.2) is 46.9 Å². The number of para-hydroxylation sites is 1. The summed E-state index contributed by atoms with van der Waals surface area (Å²) < 4.78 is 5.48. The molecule has 39 heavy (non-hydrogen) atoms. The summed E-state index contributed by atoms with van der Waals surface area (Å²) in [5, 5.41) is 3.99. The third kappa shape index (κ3) is 4.03. The van der Waals surface area contributed by atoms with Crippen molar-refractivity contribution in [2.45, 2.75) is 44.8 Å². The first-order valence-corrected chi connectivity index (χ1v) is 13.2. The van der Waals surface area contributed by atoms with E-state index in [4.69, 9.17) is 4.74 Å². The number of carbonyl (C=O) groups excluding carboxylic acids is 3. The number of anilines is 1. The lowest BCUT2D eigenvalue weighted by Gasteiger charge is -2.36. The highest BCUT2D eigenvalue weighted by molar-refractivity contribution is 6.22. The van der Waals surface area contributed by atoms with Crippen molar-refractivity contribution in [2.24, 2.45) is 0 Å². The molecule has 2 aliphatic heterocycles. The number of aromatic nitrogens is 1. The molecule has 3 heterocycles. The molecule has 0 aliphatic carbocycles. The van der Waals surface area contributed by atoms with Gasteiger partial charge in [-0.2, -0.15) is 0 Å². The number of hydrogen-bond donors (Lipinski definition) is 2. The van der Waals surface area contributed by atoms with Crippen LogP contribution in [0.4, 0.5) is 10.5 Å². The molecule has 3 aromatic carbocycles. The van der Waals surface area contributed by atoms with Crippen molar-refractivity contribution in [1.29, 1.82) is 0 Å². The molecule has 2 N–H and O–H groups in total. The van der Waals surface area contributed by atoms with Crippen molar-refractivity contribution in [3.63, 3.8) is 0 Å². The molecular formula is C31H30N4O4. The van der Waals surface area contributed by atoms with Gasteiger partial charge >= 0.3 is 6.03 Å². The zero-order valence-electron chi connectivity index (χ0n) is 22.1. The van der Waals surface area contributed by atoms with Crippen LogP contribution in [0.1, 0.15) is 53.5 Å². The number of nitrogens with zero attached hydrogens (tertiary/aromatic N) is 2. The third-order valence-corrected chi connectivity index (χ3v) is 7.84. The zero-order chi connectivity index (χ0) is 27.3. The zero-order valence-corrected chi connectivity index (χ0v) is 22.1. The van der Waals surface area contributed by atoms with Crippen LogP contribution in [0.15, 0.2) is 72.8 Å². The third-order valence-electron chi connectivity index (χ3n) is 7.84. The SMILES string of the molecule is CCC(C)NC(=O)c1ccc(N2C(=O)[C@@H]3Cc4c([nH]c5ccccc45)C(c4cccc(OC)c4)N3C2=O)cc1. The van der Waals surface area contributed by atoms with Gasteiger partial charge in [-0.1, -0.05) is 37.3 Å². The fourth-order valence-corrected chi connectivity index (χ4v) is 5.64. The highest BCUT2D eigenvalue weighted by atomic mass is 16.5. The Balaban J connectivity index is 1.40. The fourth-order valence-electron chi connectivity index (χ4n) is 5.64. The first-order chi connectivity index (χ1) is 18.9. The number of H-pyrrole nitrogens is 1. The molecule has 1 aromatic heterocycles. The summed E-state index contributed by atoms with van der Waals surface area (Å²) in [6.45, 7) is 3.95. The van der Waals surface area contributed by atoms with Gasteiger partial charge in [0.2, 0.25) is 0 Å². The number of urea groups is 1. The molecule has 8 heteroatoms. The Morgan fingerprint density at radius 1 is 1.08 bits per heavy atom. The Bertz CT molecular complexity index is 1590. The van der Waals surface area contributed by atoms with Crippen molar-refractivity contribution in [1.82, 2.24) is 15.2 Å². The maximum absolute atomic E-state index is 14.0. The number of aromatic amines is 1. The minimum Gasteiger partial charge on any atom is -0.497 e. The summed E-state index contributed by atoms with van der Waals surface area (Å²) in [6, 6.07) is 20.8. The van der Waals surface area contributed by atoms with Crippen molar-refractivity contribution in [3.05, 3.63) is 95.2 Å². The van der Waals surface area contributed by atoms with Crippen LogP contribution < -0.4 is 15.0 Å².